The molecule has 1 amide bonds. The first-order valence-corrected chi connectivity index (χ1v) is 12.5. The molecule has 166 valence electrons. The molecule has 3 fully saturated rings. The molecule has 7 nitrogen and oxygen atoms in total. The van der Waals surface area contributed by atoms with E-state index in [0.717, 1.165) is 74.5 Å². The summed E-state index contributed by atoms with van der Waals surface area (Å²) < 4.78 is 2.00. The van der Waals surface area contributed by atoms with Crippen LogP contribution in [0.1, 0.15) is 12.1 Å². The number of amides is 1. The summed E-state index contributed by atoms with van der Waals surface area (Å²) in [7, 11) is 0. The zero-order chi connectivity index (χ0) is 21.4. The molecule has 1 aromatic heterocycles. The number of anilines is 1. The molecule has 2 aromatic rings. The van der Waals surface area contributed by atoms with Gasteiger partial charge in [-0.15, -0.1) is 11.8 Å². The van der Waals surface area contributed by atoms with Crippen molar-refractivity contribution in [3.63, 3.8) is 0 Å². The van der Waals surface area contributed by atoms with Crippen LogP contribution in [-0.2, 0) is 4.79 Å². The molecule has 3 aliphatic heterocycles. The molecule has 0 bridgehead atoms. The van der Waals surface area contributed by atoms with Gasteiger partial charge in [0.2, 0.25) is 5.91 Å². The monoisotopic (exact) mass is 460 g/mol. The minimum absolute atomic E-state index is 0.0198. The van der Waals surface area contributed by atoms with E-state index in [1.165, 1.54) is 0 Å². The molecule has 9 heteroatoms. The SMILES string of the molecule is Cc1cc(N2CCN([C@@H]3CN[C@H](C(=O)N4CCSC4)C3)CC2)n(-c2cccc(Cl)c2)n1. The first-order valence-electron chi connectivity index (χ1n) is 11.0. The molecule has 1 aromatic carbocycles. The third-order valence-electron chi connectivity index (χ3n) is 6.49. The van der Waals surface area contributed by atoms with Gasteiger partial charge in [-0.3, -0.25) is 9.69 Å². The second-order valence-electron chi connectivity index (χ2n) is 8.55. The van der Waals surface area contributed by atoms with Crippen molar-refractivity contribution in [3.05, 3.63) is 41.0 Å². The molecule has 0 aliphatic carbocycles. The lowest BCUT2D eigenvalue weighted by Gasteiger charge is -2.38. The first kappa shape index (κ1) is 21.1. The number of carbonyl (C=O) groups excluding carboxylic acids is 1. The maximum absolute atomic E-state index is 12.7. The normalized spacial score (nSPS) is 24.8. The molecule has 1 N–H and O–H groups in total. The van der Waals surface area contributed by atoms with Gasteiger partial charge in [0.1, 0.15) is 5.82 Å². The standard InChI is InChI=1S/C22H29ClN6OS/c1-16-11-21(29(25-16)18-4-2-3-17(23)12-18)27-7-5-26(6-8-27)19-13-20(24-14-19)22(30)28-9-10-31-15-28/h2-4,11-12,19-20,24H,5-10,13-15H2,1H3/t19-,20-/m0/s1. The Morgan fingerprint density at radius 1 is 1.19 bits per heavy atom. The number of halogens is 1. The fraction of sp³-hybridized carbons (Fsp3) is 0.545. The fourth-order valence-electron chi connectivity index (χ4n) is 4.82. The van der Waals surface area contributed by atoms with Gasteiger partial charge in [0.15, 0.2) is 0 Å². The van der Waals surface area contributed by atoms with E-state index in [1.807, 2.05) is 52.5 Å². The number of nitrogens with one attached hydrogen (secondary N) is 1. The molecule has 3 saturated heterocycles. The minimum atomic E-state index is -0.0198. The van der Waals surface area contributed by atoms with Gasteiger partial charge in [0.05, 0.1) is 23.3 Å². The van der Waals surface area contributed by atoms with E-state index in [9.17, 15) is 4.79 Å². The van der Waals surface area contributed by atoms with Crippen molar-refractivity contribution in [2.75, 3.05) is 55.8 Å². The Balaban J connectivity index is 1.21. The fourth-order valence-corrected chi connectivity index (χ4v) is 5.96. The van der Waals surface area contributed by atoms with Gasteiger partial charge in [-0.2, -0.15) is 5.10 Å². The Morgan fingerprint density at radius 3 is 2.77 bits per heavy atom. The smallest absolute Gasteiger partial charge is 0.240 e. The van der Waals surface area contributed by atoms with Gasteiger partial charge in [-0.1, -0.05) is 17.7 Å². The van der Waals surface area contributed by atoms with Crippen LogP contribution >= 0.6 is 23.4 Å². The topological polar surface area (TPSA) is 56.6 Å². The molecule has 3 aliphatic rings. The molecule has 4 heterocycles. The van der Waals surface area contributed by atoms with Crippen molar-refractivity contribution in [2.45, 2.75) is 25.4 Å². The summed E-state index contributed by atoms with van der Waals surface area (Å²) in [4.78, 5) is 19.7. The van der Waals surface area contributed by atoms with E-state index in [2.05, 4.69) is 21.2 Å². The molecule has 31 heavy (non-hydrogen) atoms. The Hall–Kier alpha value is -1.74. The van der Waals surface area contributed by atoms with Crippen LogP contribution in [0.4, 0.5) is 5.82 Å². The highest BCUT2D eigenvalue weighted by Gasteiger charge is 2.36. The number of thioether (sulfide) groups is 1. The minimum Gasteiger partial charge on any atom is -0.354 e. The highest BCUT2D eigenvalue weighted by molar-refractivity contribution is 7.99. The molecular formula is C22H29ClN6OS. The van der Waals surface area contributed by atoms with Crippen molar-refractivity contribution < 1.29 is 4.79 Å². The summed E-state index contributed by atoms with van der Waals surface area (Å²) in [6.07, 6.45) is 0.916. The molecule has 0 unspecified atom stereocenters. The van der Waals surface area contributed by atoms with Gasteiger partial charge in [-0.25, -0.2) is 4.68 Å². The van der Waals surface area contributed by atoms with Crippen LogP contribution in [0.5, 0.6) is 0 Å². The van der Waals surface area contributed by atoms with Gasteiger partial charge in [0, 0.05) is 62.2 Å². The second kappa shape index (κ2) is 9.02. The summed E-state index contributed by atoms with van der Waals surface area (Å²) >= 11 is 8.06. The van der Waals surface area contributed by atoms with Crippen LogP contribution < -0.4 is 10.2 Å². The highest BCUT2D eigenvalue weighted by Crippen LogP contribution is 2.26. The van der Waals surface area contributed by atoms with E-state index in [0.29, 0.717) is 11.1 Å². The number of piperazine rings is 1. The largest absolute Gasteiger partial charge is 0.354 e. The summed E-state index contributed by atoms with van der Waals surface area (Å²) in [5.74, 6) is 3.31. The Labute approximate surface area is 192 Å². The van der Waals surface area contributed by atoms with Gasteiger partial charge >= 0.3 is 0 Å². The van der Waals surface area contributed by atoms with E-state index >= 15 is 0 Å². The third-order valence-corrected chi connectivity index (χ3v) is 7.69. The zero-order valence-electron chi connectivity index (χ0n) is 17.8. The highest BCUT2D eigenvalue weighted by atomic mass is 35.5. The maximum Gasteiger partial charge on any atom is 0.240 e. The van der Waals surface area contributed by atoms with Crippen LogP contribution in [0.3, 0.4) is 0 Å². The number of aryl methyl sites for hydroxylation is 1. The Kier molecular flexibility index (Phi) is 6.14. The molecule has 0 spiro atoms. The van der Waals surface area contributed by atoms with Crippen molar-refractivity contribution in [3.8, 4) is 5.69 Å². The first-order chi connectivity index (χ1) is 15.1. The average Bonchev–Trinajstić information content (AvgIpc) is 3.54. The number of aromatic nitrogens is 2. The lowest BCUT2D eigenvalue weighted by Crippen LogP contribution is -2.51. The van der Waals surface area contributed by atoms with Crippen LogP contribution in [0.15, 0.2) is 30.3 Å². The van der Waals surface area contributed by atoms with Crippen molar-refractivity contribution in [1.29, 1.82) is 0 Å². The van der Waals surface area contributed by atoms with Crippen molar-refractivity contribution in [1.82, 2.24) is 24.9 Å². The number of nitrogens with zero attached hydrogens (tertiary/aromatic N) is 5. The number of rotatable bonds is 4. The van der Waals surface area contributed by atoms with Gasteiger partial charge < -0.3 is 15.1 Å². The van der Waals surface area contributed by atoms with E-state index in [1.54, 1.807) is 0 Å². The van der Waals surface area contributed by atoms with Crippen LogP contribution in [0.25, 0.3) is 5.69 Å². The molecular weight excluding hydrogens is 432 g/mol. The Morgan fingerprint density at radius 2 is 2.03 bits per heavy atom. The molecule has 0 saturated carbocycles. The molecule has 2 atom stereocenters. The number of hydrogen-bond acceptors (Lipinski definition) is 6. The van der Waals surface area contributed by atoms with Crippen LogP contribution in [0, 0.1) is 6.92 Å². The van der Waals surface area contributed by atoms with E-state index < -0.39 is 0 Å². The summed E-state index contributed by atoms with van der Waals surface area (Å²) in [5, 5.41) is 8.90. The lowest BCUT2D eigenvalue weighted by molar-refractivity contribution is -0.131. The van der Waals surface area contributed by atoms with Crippen molar-refractivity contribution in [2.24, 2.45) is 0 Å². The lowest BCUT2D eigenvalue weighted by atomic mass is 10.1. The van der Waals surface area contributed by atoms with E-state index in [4.69, 9.17) is 16.7 Å². The maximum atomic E-state index is 12.7. The summed E-state index contributed by atoms with van der Waals surface area (Å²) in [6.45, 7) is 7.70. The molecule has 0 radical (unpaired) electrons. The van der Waals surface area contributed by atoms with Crippen LogP contribution in [-0.4, -0.2) is 88.5 Å². The number of benzene rings is 1. The quantitative estimate of drug-likeness (QED) is 0.755. The average molecular weight is 461 g/mol. The number of carbonyl (C=O) groups is 1. The predicted molar refractivity (Wildman–Crippen MR) is 126 cm³/mol. The number of hydrogen-bond donors (Lipinski definition) is 1. The van der Waals surface area contributed by atoms with Gasteiger partial charge in [0.25, 0.3) is 0 Å². The van der Waals surface area contributed by atoms with Gasteiger partial charge in [-0.05, 0) is 31.5 Å². The van der Waals surface area contributed by atoms with Crippen LogP contribution in [0.2, 0.25) is 5.02 Å². The Bertz CT molecular complexity index is 938. The van der Waals surface area contributed by atoms with Crippen molar-refractivity contribution >= 4 is 35.1 Å². The van der Waals surface area contributed by atoms with E-state index in [-0.39, 0.29) is 11.9 Å². The predicted octanol–water partition coefficient (Wildman–Crippen LogP) is 2.22. The summed E-state index contributed by atoms with van der Waals surface area (Å²) in [6, 6.07) is 10.4. The zero-order valence-corrected chi connectivity index (χ0v) is 19.4. The summed E-state index contributed by atoms with van der Waals surface area (Å²) in [5.41, 5.74) is 1.98. The second-order valence-corrected chi connectivity index (χ2v) is 10.1. The third kappa shape index (κ3) is 4.44. The molecule has 5 rings (SSSR count).